The zero-order chi connectivity index (χ0) is 17.1. The average molecular weight is 332 g/mol. The molecule has 0 bridgehead atoms. The molecule has 2 N–H and O–H groups in total. The molecule has 0 atom stereocenters. The quantitative estimate of drug-likeness (QED) is 0.387. The Hall–Kier alpha value is -3.01. The molecule has 126 valence electrons. The summed E-state index contributed by atoms with van der Waals surface area (Å²) in [7, 11) is 0. The Balaban J connectivity index is 1.29. The minimum absolute atomic E-state index is 0.177. The number of unbranched alkanes of at least 4 members (excludes halogenated alkanes) is 1. The van der Waals surface area contributed by atoms with Crippen LogP contribution in [0.4, 0.5) is 0 Å². The highest BCUT2D eigenvalue weighted by atomic mass is 16.5. The van der Waals surface area contributed by atoms with Gasteiger partial charge in [0.25, 0.3) is 0 Å². The number of aromatic nitrogens is 2. The lowest BCUT2D eigenvalue weighted by Crippen LogP contribution is -2.07. The van der Waals surface area contributed by atoms with E-state index in [0.29, 0.717) is 12.2 Å². The van der Waals surface area contributed by atoms with Crippen molar-refractivity contribution in [1.82, 2.24) is 9.97 Å². The maximum atomic E-state index is 12.1. The van der Waals surface area contributed by atoms with E-state index in [0.717, 1.165) is 35.7 Å². The Kier molecular flexibility index (Phi) is 4.25. The summed E-state index contributed by atoms with van der Waals surface area (Å²) in [5.41, 5.74) is 3.45. The number of hydrogen-bond donors (Lipinski definition) is 2. The predicted molar refractivity (Wildman–Crippen MR) is 99.8 cm³/mol. The highest BCUT2D eigenvalue weighted by molar-refractivity contribution is 5.88. The molecule has 25 heavy (non-hydrogen) atoms. The van der Waals surface area contributed by atoms with Crippen molar-refractivity contribution in [2.45, 2.75) is 25.7 Å². The van der Waals surface area contributed by atoms with E-state index in [1.807, 2.05) is 30.3 Å². The van der Waals surface area contributed by atoms with Crippen LogP contribution in [0.3, 0.4) is 0 Å². The van der Waals surface area contributed by atoms with E-state index in [2.05, 4.69) is 34.4 Å². The van der Waals surface area contributed by atoms with Crippen LogP contribution in [0.15, 0.2) is 60.9 Å². The number of para-hydroxylation sites is 2. The number of hydrogen-bond acceptors (Lipinski definition) is 2. The lowest BCUT2D eigenvalue weighted by Gasteiger charge is -2.03. The number of esters is 1. The smallest absolute Gasteiger partial charge is 0.311 e. The molecule has 0 aliphatic heterocycles. The van der Waals surface area contributed by atoms with E-state index in [1.54, 1.807) is 6.20 Å². The highest BCUT2D eigenvalue weighted by Gasteiger charge is 2.10. The summed E-state index contributed by atoms with van der Waals surface area (Å²) in [5.74, 6) is 0.431. The topological polar surface area (TPSA) is 57.9 Å². The molecule has 4 aromatic rings. The predicted octanol–water partition coefficient (Wildman–Crippen LogP) is 4.97. The molecule has 0 saturated carbocycles. The van der Waals surface area contributed by atoms with Gasteiger partial charge < -0.3 is 14.7 Å². The van der Waals surface area contributed by atoms with Gasteiger partial charge >= 0.3 is 5.97 Å². The van der Waals surface area contributed by atoms with Crippen LogP contribution in [0.1, 0.15) is 24.8 Å². The Morgan fingerprint density at radius 2 is 1.52 bits per heavy atom. The number of fused-ring (bicyclic) bond motifs is 2. The van der Waals surface area contributed by atoms with E-state index in [9.17, 15) is 4.79 Å². The lowest BCUT2D eigenvalue weighted by atomic mass is 10.1. The Morgan fingerprint density at radius 3 is 2.36 bits per heavy atom. The fourth-order valence-corrected chi connectivity index (χ4v) is 3.23. The number of ether oxygens (including phenoxy) is 1. The van der Waals surface area contributed by atoms with Gasteiger partial charge in [0.05, 0.1) is 0 Å². The maximum absolute atomic E-state index is 12.1. The van der Waals surface area contributed by atoms with Gasteiger partial charge in [0.2, 0.25) is 0 Å². The molecule has 2 aromatic carbocycles. The van der Waals surface area contributed by atoms with Gasteiger partial charge in [-0.1, -0.05) is 30.3 Å². The van der Waals surface area contributed by atoms with Crippen LogP contribution in [0, 0.1) is 0 Å². The number of H-pyrrole nitrogens is 2. The third kappa shape index (κ3) is 3.29. The second-order valence-electron chi connectivity index (χ2n) is 6.24. The molecule has 0 aliphatic rings. The number of aromatic amines is 2. The molecule has 4 heteroatoms. The summed E-state index contributed by atoms with van der Waals surface area (Å²) < 4.78 is 5.50. The summed E-state index contributed by atoms with van der Waals surface area (Å²) >= 11 is 0. The Labute approximate surface area is 145 Å². The van der Waals surface area contributed by atoms with Crippen LogP contribution in [0.25, 0.3) is 21.8 Å². The Morgan fingerprint density at radius 1 is 0.840 bits per heavy atom. The first-order chi connectivity index (χ1) is 12.3. The largest absolute Gasteiger partial charge is 0.424 e. The van der Waals surface area contributed by atoms with Crippen molar-refractivity contribution in [2.24, 2.45) is 0 Å². The van der Waals surface area contributed by atoms with Gasteiger partial charge in [-0.05, 0) is 43.0 Å². The first-order valence-corrected chi connectivity index (χ1v) is 8.63. The van der Waals surface area contributed by atoms with Crippen LogP contribution in [-0.2, 0) is 11.2 Å². The third-order valence-corrected chi connectivity index (χ3v) is 4.53. The van der Waals surface area contributed by atoms with E-state index >= 15 is 0 Å². The lowest BCUT2D eigenvalue weighted by molar-refractivity contribution is -0.134. The third-order valence-electron chi connectivity index (χ3n) is 4.53. The van der Waals surface area contributed by atoms with Crippen molar-refractivity contribution >= 4 is 27.8 Å². The summed E-state index contributed by atoms with van der Waals surface area (Å²) in [6, 6.07) is 16.1. The molecule has 0 saturated heterocycles. The van der Waals surface area contributed by atoms with Crippen molar-refractivity contribution in [1.29, 1.82) is 0 Å². The number of aryl methyl sites for hydroxylation is 1. The van der Waals surface area contributed by atoms with Crippen LogP contribution >= 0.6 is 0 Å². The molecule has 0 aliphatic carbocycles. The van der Waals surface area contributed by atoms with Crippen molar-refractivity contribution in [3.8, 4) is 5.75 Å². The van der Waals surface area contributed by atoms with Gasteiger partial charge in [-0.2, -0.15) is 0 Å². The molecular weight excluding hydrogens is 312 g/mol. The minimum Gasteiger partial charge on any atom is -0.424 e. The number of nitrogens with one attached hydrogen (secondary N) is 2. The molecule has 4 nitrogen and oxygen atoms in total. The van der Waals surface area contributed by atoms with E-state index < -0.39 is 0 Å². The van der Waals surface area contributed by atoms with Crippen LogP contribution < -0.4 is 4.74 Å². The van der Waals surface area contributed by atoms with Crippen molar-refractivity contribution in [2.75, 3.05) is 0 Å². The van der Waals surface area contributed by atoms with Crippen LogP contribution in [0.2, 0.25) is 0 Å². The molecule has 0 radical (unpaired) electrons. The number of carbonyl (C=O) groups excluding carboxylic acids is 1. The summed E-state index contributed by atoms with van der Waals surface area (Å²) in [5, 5.41) is 2.21. The minimum atomic E-state index is -0.177. The summed E-state index contributed by atoms with van der Waals surface area (Å²) in [6.45, 7) is 0. The molecule has 2 aromatic heterocycles. The van der Waals surface area contributed by atoms with Crippen molar-refractivity contribution < 1.29 is 9.53 Å². The van der Waals surface area contributed by atoms with Crippen LogP contribution in [-0.4, -0.2) is 15.9 Å². The molecule has 0 spiro atoms. The fourth-order valence-electron chi connectivity index (χ4n) is 3.23. The Bertz CT molecular complexity index is 1010. The van der Waals surface area contributed by atoms with Gasteiger partial charge in [-0.15, -0.1) is 0 Å². The zero-order valence-corrected chi connectivity index (χ0v) is 13.9. The van der Waals surface area contributed by atoms with Gasteiger partial charge in [0.15, 0.2) is 5.75 Å². The van der Waals surface area contributed by atoms with Gasteiger partial charge in [0, 0.05) is 40.6 Å². The van der Waals surface area contributed by atoms with Crippen LogP contribution in [0.5, 0.6) is 5.75 Å². The monoisotopic (exact) mass is 332 g/mol. The summed E-state index contributed by atoms with van der Waals surface area (Å²) in [4.78, 5) is 18.5. The van der Waals surface area contributed by atoms with E-state index in [4.69, 9.17) is 4.74 Å². The fraction of sp³-hybridized carbons (Fsp3) is 0.190. The van der Waals surface area contributed by atoms with Crippen molar-refractivity contribution in [3.05, 3.63) is 66.5 Å². The van der Waals surface area contributed by atoms with Crippen molar-refractivity contribution in [3.63, 3.8) is 0 Å². The first kappa shape index (κ1) is 15.5. The number of carbonyl (C=O) groups is 1. The van der Waals surface area contributed by atoms with E-state index in [-0.39, 0.29) is 5.97 Å². The number of rotatable bonds is 6. The standard InChI is InChI=1S/C21H20N2O2/c24-21(25-20-14-23-19-11-5-3-9-17(19)20)12-6-1-7-15-13-22-18-10-4-2-8-16(15)18/h2-5,8-11,13-14,22-23H,1,6-7,12H2. The second kappa shape index (κ2) is 6.85. The summed E-state index contributed by atoms with van der Waals surface area (Å²) in [6.07, 6.45) is 6.99. The molecule has 0 amide bonds. The zero-order valence-electron chi connectivity index (χ0n) is 13.9. The molecule has 0 unspecified atom stereocenters. The molecular formula is C21H20N2O2. The second-order valence-corrected chi connectivity index (χ2v) is 6.24. The van der Waals surface area contributed by atoms with E-state index in [1.165, 1.54) is 10.9 Å². The number of benzene rings is 2. The normalized spacial score (nSPS) is 11.2. The van der Waals surface area contributed by atoms with Gasteiger partial charge in [0.1, 0.15) is 0 Å². The average Bonchev–Trinajstić information content (AvgIpc) is 3.24. The molecule has 4 rings (SSSR count). The van der Waals surface area contributed by atoms with Gasteiger partial charge in [-0.3, -0.25) is 4.79 Å². The SMILES string of the molecule is O=C(CCCCc1c[nH]c2ccccc12)Oc1c[nH]c2ccccc12. The molecule has 0 fully saturated rings. The molecule has 2 heterocycles. The maximum Gasteiger partial charge on any atom is 0.311 e. The first-order valence-electron chi connectivity index (χ1n) is 8.63. The highest BCUT2D eigenvalue weighted by Crippen LogP contribution is 2.25. The van der Waals surface area contributed by atoms with Gasteiger partial charge in [-0.25, -0.2) is 0 Å².